The number of guanidine groups is 1. The molecule has 0 saturated heterocycles. The molecule has 10 heteroatoms. The van der Waals surface area contributed by atoms with Crippen LogP contribution in [-0.4, -0.2) is 51.4 Å². The molecule has 0 saturated carbocycles. The van der Waals surface area contributed by atoms with Crippen molar-refractivity contribution < 1.29 is 22.6 Å². The summed E-state index contributed by atoms with van der Waals surface area (Å²) in [4.78, 5) is 7.60. The number of halogens is 4. The minimum atomic E-state index is -4.40. The fourth-order valence-electron chi connectivity index (χ4n) is 1.45. The Morgan fingerprint density at radius 3 is 2.35 bits per heavy atom. The summed E-state index contributed by atoms with van der Waals surface area (Å²) in [5.41, 5.74) is -0.805. The van der Waals surface area contributed by atoms with Crippen LogP contribution in [0.4, 0.5) is 13.2 Å². The second-order valence-corrected chi connectivity index (χ2v) is 4.15. The third-order valence-electron chi connectivity index (χ3n) is 2.53. The third kappa shape index (κ3) is 8.79. The maximum atomic E-state index is 12.4. The van der Waals surface area contributed by atoms with Crippen LogP contribution in [0.15, 0.2) is 23.3 Å². The average molecular weight is 448 g/mol. The molecule has 0 spiro atoms. The topological polar surface area (TPSA) is 67.8 Å². The van der Waals surface area contributed by atoms with Crippen molar-refractivity contribution in [2.24, 2.45) is 4.99 Å². The number of hydrogen-bond donors (Lipinski definition) is 2. The van der Waals surface area contributed by atoms with Crippen molar-refractivity contribution in [3.8, 4) is 5.88 Å². The van der Waals surface area contributed by atoms with Crippen molar-refractivity contribution in [3.63, 3.8) is 0 Å². The first kappa shape index (κ1) is 21.7. The van der Waals surface area contributed by atoms with Gasteiger partial charge in [0.15, 0.2) is 5.96 Å². The minimum absolute atomic E-state index is 0. The molecule has 0 radical (unpaired) electrons. The highest BCUT2D eigenvalue weighted by Crippen LogP contribution is 2.29. The maximum absolute atomic E-state index is 12.4. The van der Waals surface area contributed by atoms with Gasteiger partial charge in [-0.15, -0.1) is 24.0 Å². The van der Waals surface area contributed by atoms with Crippen LogP contribution in [0.3, 0.4) is 0 Å². The molecule has 0 bridgehead atoms. The lowest BCUT2D eigenvalue weighted by molar-refractivity contribution is -0.137. The lowest BCUT2D eigenvalue weighted by Gasteiger charge is -2.12. The zero-order valence-corrected chi connectivity index (χ0v) is 15.1. The van der Waals surface area contributed by atoms with Gasteiger partial charge in [0.25, 0.3) is 0 Å². The van der Waals surface area contributed by atoms with E-state index in [1.54, 1.807) is 14.2 Å². The van der Waals surface area contributed by atoms with Crippen molar-refractivity contribution >= 4 is 29.9 Å². The average Bonchev–Trinajstić information content (AvgIpc) is 2.49. The molecule has 132 valence electrons. The molecule has 2 N–H and O–H groups in total. The molecule has 1 aromatic rings. The van der Waals surface area contributed by atoms with Crippen LogP contribution < -0.4 is 15.4 Å². The molecule has 0 unspecified atom stereocenters. The summed E-state index contributed by atoms with van der Waals surface area (Å²) in [6.45, 7) is 1.82. The molecule has 0 atom stereocenters. The standard InChI is InChI=1S/C13H19F3N4O2.HI/c1-17-12(18-5-7-21-2)19-6-8-22-11-4-3-10(9-20-11)13(14,15)16;/h3-4,9H,5-8H2,1-2H3,(H2,17,18,19);1H. The molecule has 0 aliphatic rings. The van der Waals surface area contributed by atoms with Gasteiger partial charge in [0.1, 0.15) is 6.61 Å². The largest absolute Gasteiger partial charge is 0.476 e. The summed E-state index contributed by atoms with van der Waals surface area (Å²) in [6, 6.07) is 2.12. The predicted octanol–water partition coefficient (Wildman–Crippen LogP) is 1.91. The summed E-state index contributed by atoms with van der Waals surface area (Å²) in [7, 11) is 3.23. The van der Waals surface area contributed by atoms with E-state index >= 15 is 0 Å². The van der Waals surface area contributed by atoms with Crippen LogP contribution in [0.25, 0.3) is 0 Å². The highest BCUT2D eigenvalue weighted by atomic mass is 127. The van der Waals surface area contributed by atoms with E-state index in [0.717, 1.165) is 12.3 Å². The Morgan fingerprint density at radius 2 is 1.87 bits per heavy atom. The first-order valence-electron chi connectivity index (χ1n) is 6.57. The molecule has 0 aromatic carbocycles. The van der Waals surface area contributed by atoms with Gasteiger partial charge in [-0.1, -0.05) is 0 Å². The smallest absolute Gasteiger partial charge is 0.417 e. The van der Waals surface area contributed by atoms with Gasteiger partial charge >= 0.3 is 6.18 Å². The Morgan fingerprint density at radius 1 is 1.22 bits per heavy atom. The van der Waals surface area contributed by atoms with Gasteiger partial charge in [-0.2, -0.15) is 13.2 Å². The summed E-state index contributed by atoms with van der Waals surface area (Å²) in [5, 5.41) is 6.00. The molecule has 0 aliphatic carbocycles. The van der Waals surface area contributed by atoms with E-state index in [2.05, 4.69) is 20.6 Å². The van der Waals surface area contributed by atoms with E-state index in [9.17, 15) is 13.2 Å². The van der Waals surface area contributed by atoms with Gasteiger partial charge in [0.05, 0.1) is 18.7 Å². The first-order chi connectivity index (χ1) is 10.5. The van der Waals surface area contributed by atoms with E-state index in [0.29, 0.717) is 25.7 Å². The van der Waals surface area contributed by atoms with Crippen molar-refractivity contribution in [2.45, 2.75) is 6.18 Å². The van der Waals surface area contributed by atoms with Gasteiger partial charge in [0, 0.05) is 33.0 Å². The lowest BCUT2D eigenvalue weighted by Crippen LogP contribution is -2.40. The number of pyridine rings is 1. The summed E-state index contributed by atoms with van der Waals surface area (Å²) in [6.07, 6.45) is -3.65. The third-order valence-corrected chi connectivity index (χ3v) is 2.53. The van der Waals surface area contributed by atoms with Crippen LogP contribution >= 0.6 is 24.0 Å². The summed E-state index contributed by atoms with van der Waals surface area (Å²) in [5.74, 6) is 0.721. The molecule has 0 amide bonds. The van der Waals surface area contributed by atoms with E-state index in [1.165, 1.54) is 6.07 Å². The maximum Gasteiger partial charge on any atom is 0.417 e. The molecular formula is C13H20F3IN4O2. The molecule has 1 heterocycles. The zero-order valence-electron chi connectivity index (χ0n) is 12.8. The molecule has 1 rings (SSSR count). The second kappa shape index (κ2) is 11.3. The van der Waals surface area contributed by atoms with E-state index in [4.69, 9.17) is 9.47 Å². The fourth-order valence-corrected chi connectivity index (χ4v) is 1.45. The van der Waals surface area contributed by atoms with E-state index < -0.39 is 11.7 Å². The van der Waals surface area contributed by atoms with Gasteiger partial charge in [-0.3, -0.25) is 4.99 Å². The van der Waals surface area contributed by atoms with Crippen LogP contribution in [0.5, 0.6) is 5.88 Å². The fraction of sp³-hybridized carbons (Fsp3) is 0.538. The van der Waals surface area contributed by atoms with E-state index in [-0.39, 0.29) is 36.5 Å². The normalized spacial score (nSPS) is 11.6. The van der Waals surface area contributed by atoms with Gasteiger partial charge in [-0.05, 0) is 6.07 Å². The summed E-state index contributed by atoms with van der Waals surface area (Å²) >= 11 is 0. The van der Waals surface area contributed by atoms with Crippen molar-refractivity contribution in [2.75, 3.05) is 40.5 Å². The van der Waals surface area contributed by atoms with Gasteiger partial charge in [0.2, 0.25) is 5.88 Å². The number of rotatable bonds is 7. The highest BCUT2D eigenvalue weighted by molar-refractivity contribution is 14.0. The molecular weight excluding hydrogens is 428 g/mol. The Balaban J connectivity index is 0.00000484. The number of hydrogen-bond acceptors (Lipinski definition) is 4. The quantitative estimate of drug-likeness (QED) is 0.289. The van der Waals surface area contributed by atoms with Crippen LogP contribution in [0.1, 0.15) is 5.56 Å². The van der Waals surface area contributed by atoms with Crippen LogP contribution in [0.2, 0.25) is 0 Å². The number of nitrogens with zero attached hydrogens (tertiary/aromatic N) is 2. The molecule has 6 nitrogen and oxygen atoms in total. The number of aromatic nitrogens is 1. The number of methoxy groups -OCH3 is 1. The SMILES string of the molecule is CN=C(NCCOC)NCCOc1ccc(C(F)(F)F)cn1.I. The Hall–Kier alpha value is -1.30. The van der Waals surface area contributed by atoms with Crippen molar-refractivity contribution in [1.29, 1.82) is 0 Å². The van der Waals surface area contributed by atoms with Crippen LogP contribution in [-0.2, 0) is 10.9 Å². The van der Waals surface area contributed by atoms with Crippen LogP contribution in [0, 0.1) is 0 Å². The zero-order chi connectivity index (χ0) is 16.4. The monoisotopic (exact) mass is 448 g/mol. The van der Waals surface area contributed by atoms with E-state index in [1.807, 2.05) is 0 Å². The minimum Gasteiger partial charge on any atom is -0.476 e. The molecule has 23 heavy (non-hydrogen) atoms. The Bertz CT molecular complexity index is 469. The number of ether oxygens (including phenoxy) is 2. The number of aliphatic imine (C=N–C) groups is 1. The Labute approximate surface area is 149 Å². The van der Waals surface area contributed by atoms with Crippen molar-refractivity contribution in [3.05, 3.63) is 23.9 Å². The molecule has 1 aromatic heterocycles. The van der Waals surface area contributed by atoms with Gasteiger partial charge < -0.3 is 20.1 Å². The molecule has 0 aliphatic heterocycles. The van der Waals surface area contributed by atoms with Gasteiger partial charge in [-0.25, -0.2) is 4.98 Å². The predicted molar refractivity (Wildman–Crippen MR) is 91.4 cm³/mol. The van der Waals surface area contributed by atoms with Crippen molar-refractivity contribution in [1.82, 2.24) is 15.6 Å². The lowest BCUT2D eigenvalue weighted by atomic mass is 10.3. The Kier molecular flexibility index (Phi) is 10.6. The highest BCUT2D eigenvalue weighted by Gasteiger charge is 2.30. The molecule has 0 fully saturated rings. The first-order valence-corrected chi connectivity index (χ1v) is 6.57. The number of nitrogens with one attached hydrogen (secondary N) is 2. The summed E-state index contributed by atoms with van der Waals surface area (Å²) < 4.78 is 47.2. The number of alkyl halides is 3. The second-order valence-electron chi connectivity index (χ2n) is 4.15.